The van der Waals surface area contributed by atoms with Crippen LogP contribution in [0.3, 0.4) is 0 Å². The van der Waals surface area contributed by atoms with Crippen LogP contribution in [0.1, 0.15) is 39.5 Å². The van der Waals surface area contributed by atoms with Crippen molar-refractivity contribution >= 4 is 5.97 Å². The van der Waals surface area contributed by atoms with E-state index in [0.717, 1.165) is 18.9 Å². The van der Waals surface area contributed by atoms with Crippen molar-refractivity contribution in [1.82, 2.24) is 4.90 Å². The van der Waals surface area contributed by atoms with Crippen molar-refractivity contribution in [3.63, 3.8) is 0 Å². The SMILES string of the molecule is CN(CCC1CCC1)C(C)(C)C(=O)O. The molecule has 0 aliphatic heterocycles. The van der Waals surface area contributed by atoms with Gasteiger partial charge in [-0.3, -0.25) is 9.69 Å². The van der Waals surface area contributed by atoms with Crippen LogP contribution in [0.15, 0.2) is 0 Å². The first-order valence-electron chi connectivity index (χ1n) is 5.39. The zero-order valence-corrected chi connectivity index (χ0v) is 9.42. The lowest BCUT2D eigenvalue weighted by Crippen LogP contribution is -2.48. The average molecular weight is 199 g/mol. The largest absolute Gasteiger partial charge is 0.480 e. The summed E-state index contributed by atoms with van der Waals surface area (Å²) in [5, 5.41) is 9.01. The Hall–Kier alpha value is -0.570. The third-order valence-electron chi connectivity index (χ3n) is 3.58. The van der Waals surface area contributed by atoms with Gasteiger partial charge in [0, 0.05) is 0 Å². The number of carboxylic acid groups (broad SMARTS) is 1. The molecule has 3 heteroatoms. The molecule has 0 aromatic carbocycles. The summed E-state index contributed by atoms with van der Waals surface area (Å²) in [7, 11) is 1.90. The third kappa shape index (κ3) is 2.47. The number of aliphatic carboxylic acids is 1. The number of likely N-dealkylation sites (N-methyl/N-ethyl adjacent to an activating group) is 1. The highest BCUT2D eigenvalue weighted by atomic mass is 16.4. The van der Waals surface area contributed by atoms with Gasteiger partial charge in [-0.25, -0.2) is 0 Å². The lowest BCUT2D eigenvalue weighted by atomic mass is 9.82. The van der Waals surface area contributed by atoms with Crippen LogP contribution in [0.25, 0.3) is 0 Å². The molecule has 0 aromatic rings. The topological polar surface area (TPSA) is 40.5 Å². The molecular formula is C11H21NO2. The molecule has 0 amide bonds. The van der Waals surface area contributed by atoms with Gasteiger partial charge in [-0.2, -0.15) is 0 Å². The van der Waals surface area contributed by atoms with E-state index in [4.69, 9.17) is 5.11 Å². The summed E-state index contributed by atoms with van der Waals surface area (Å²) < 4.78 is 0. The standard InChI is InChI=1S/C11H21NO2/c1-11(2,10(13)14)12(3)8-7-9-5-4-6-9/h9H,4-8H2,1-3H3,(H,13,14). The second kappa shape index (κ2) is 4.30. The van der Waals surface area contributed by atoms with E-state index in [-0.39, 0.29) is 0 Å². The number of hydrogen-bond donors (Lipinski definition) is 1. The van der Waals surface area contributed by atoms with Crippen molar-refractivity contribution < 1.29 is 9.90 Å². The average Bonchev–Trinajstić information content (AvgIpc) is 2.00. The van der Waals surface area contributed by atoms with Crippen LogP contribution in [0.5, 0.6) is 0 Å². The first-order valence-corrected chi connectivity index (χ1v) is 5.39. The molecule has 1 rings (SSSR count). The zero-order valence-electron chi connectivity index (χ0n) is 9.42. The van der Waals surface area contributed by atoms with E-state index in [1.165, 1.54) is 19.3 Å². The summed E-state index contributed by atoms with van der Waals surface area (Å²) in [6.45, 7) is 4.41. The summed E-state index contributed by atoms with van der Waals surface area (Å²) in [6.07, 6.45) is 5.17. The maximum atomic E-state index is 10.9. The van der Waals surface area contributed by atoms with Gasteiger partial charge in [0.2, 0.25) is 0 Å². The van der Waals surface area contributed by atoms with E-state index in [1.807, 2.05) is 11.9 Å². The van der Waals surface area contributed by atoms with Gasteiger partial charge >= 0.3 is 5.97 Å². The van der Waals surface area contributed by atoms with Crippen LogP contribution in [0.4, 0.5) is 0 Å². The Morgan fingerprint density at radius 1 is 1.50 bits per heavy atom. The molecule has 1 fully saturated rings. The summed E-state index contributed by atoms with van der Waals surface area (Å²) in [4.78, 5) is 12.9. The molecule has 14 heavy (non-hydrogen) atoms. The number of carboxylic acids is 1. The molecule has 0 atom stereocenters. The minimum absolute atomic E-state index is 0.732. The highest BCUT2D eigenvalue weighted by molar-refractivity contribution is 5.77. The van der Waals surface area contributed by atoms with Crippen LogP contribution < -0.4 is 0 Å². The number of nitrogens with zero attached hydrogens (tertiary/aromatic N) is 1. The molecule has 0 bridgehead atoms. The molecule has 0 saturated heterocycles. The van der Waals surface area contributed by atoms with Crippen molar-refractivity contribution in [2.75, 3.05) is 13.6 Å². The van der Waals surface area contributed by atoms with Gasteiger partial charge in [-0.1, -0.05) is 19.3 Å². The van der Waals surface area contributed by atoms with Crippen LogP contribution in [-0.4, -0.2) is 35.1 Å². The first-order chi connectivity index (χ1) is 6.44. The van der Waals surface area contributed by atoms with Gasteiger partial charge in [0.1, 0.15) is 5.54 Å². The van der Waals surface area contributed by atoms with E-state index in [9.17, 15) is 4.79 Å². The predicted molar refractivity (Wildman–Crippen MR) is 56.3 cm³/mol. The minimum atomic E-state index is -0.742. The molecule has 82 valence electrons. The monoisotopic (exact) mass is 199 g/mol. The fourth-order valence-corrected chi connectivity index (χ4v) is 1.60. The number of rotatable bonds is 5. The molecule has 3 nitrogen and oxygen atoms in total. The van der Waals surface area contributed by atoms with Crippen molar-refractivity contribution in [3.05, 3.63) is 0 Å². The van der Waals surface area contributed by atoms with Gasteiger partial charge in [0.05, 0.1) is 0 Å². The molecule has 0 unspecified atom stereocenters. The highest BCUT2D eigenvalue weighted by Gasteiger charge is 2.32. The fraction of sp³-hybridized carbons (Fsp3) is 0.909. The molecule has 1 N–H and O–H groups in total. The van der Waals surface area contributed by atoms with Crippen LogP contribution in [0, 0.1) is 5.92 Å². The fourth-order valence-electron chi connectivity index (χ4n) is 1.60. The van der Waals surface area contributed by atoms with Crippen molar-refractivity contribution in [1.29, 1.82) is 0 Å². The maximum Gasteiger partial charge on any atom is 0.323 e. The van der Waals surface area contributed by atoms with Crippen molar-refractivity contribution in [2.45, 2.75) is 45.1 Å². The quantitative estimate of drug-likeness (QED) is 0.736. The van der Waals surface area contributed by atoms with E-state index >= 15 is 0 Å². The summed E-state index contributed by atoms with van der Waals surface area (Å²) in [5.41, 5.74) is -0.732. The van der Waals surface area contributed by atoms with Crippen LogP contribution in [0.2, 0.25) is 0 Å². The first kappa shape index (κ1) is 11.5. The Morgan fingerprint density at radius 3 is 2.43 bits per heavy atom. The number of hydrogen-bond acceptors (Lipinski definition) is 2. The second-order valence-electron chi connectivity index (χ2n) is 4.87. The Balaban J connectivity index is 2.32. The normalized spacial score (nSPS) is 18.3. The molecule has 1 saturated carbocycles. The van der Waals surface area contributed by atoms with Gasteiger partial charge in [0.25, 0.3) is 0 Å². The van der Waals surface area contributed by atoms with Crippen LogP contribution >= 0.6 is 0 Å². The van der Waals surface area contributed by atoms with Crippen LogP contribution in [-0.2, 0) is 4.79 Å². The Kier molecular flexibility index (Phi) is 3.53. The van der Waals surface area contributed by atoms with E-state index < -0.39 is 11.5 Å². The maximum absolute atomic E-state index is 10.9. The summed E-state index contributed by atoms with van der Waals surface area (Å²) in [5.74, 6) is 0.107. The molecule has 0 spiro atoms. The van der Waals surface area contributed by atoms with Gasteiger partial charge < -0.3 is 5.11 Å². The molecule has 1 aliphatic carbocycles. The van der Waals surface area contributed by atoms with Gasteiger partial charge in [-0.15, -0.1) is 0 Å². The third-order valence-corrected chi connectivity index (χ3v) is 3.58. The molecule has 0 radical (unpaired) electrons. The summed E-state index contributed by atoms with van der Waals surface area (Å²) in [6, 6.07) is 0. The molecule has 1 aliphatic rings. The Labute approximate surface area is 86.1 Å². The molecule has 0 aromatic heterocycles. The predicted octanol–water partition coefficient (Wildman–Crippen LogP) is 1.97. The smallest absolute Gasteiger partial charge is 0.323 e. The van der Waals surface area contributed by atoms with E-state index in [1.54, 1.807) is 13.8 Å². The lowest BCUT2D eigenvalue weighted by Gasteiger charge is -2.34. The second-order valence-corrected chi connectivity index (χ2v) is 4.87. The van der Waals surface area contributed by atoms with Crippen molar-refractivity contribution in [2.24, 2.45) is 5.92 Å². The summed E-state index contributed by atoms with van der Waals surface area (Å²) >= 11 is 0. The van der Waals surface area contributed by atoms with E-state index in [0.29, 0.717) is 0 Å². The number of carbonyl (C=O) groups is 1. The van der Waals surface area contributed by atoms with Gasteiger partial charge in [0.15, 0.2) is 0 Å². The lowest BCUT2D eigenvalue weighted by molar-refractivity contribution is -0.148. The Morgan fingerprint density at radius 2 is 2.07 bits per heavy atom. The zero-order chi connectivity index (χ0) is 10.8. The molecule has 0 heterocycles. The van der Waals surface area contributed by atoms with Gasteiger partial charge in [-0.05, 0) is 39.8 Å². The Bertz CT molecular complexity index is 209. The highest BCUT2D eigenvalue weighted by Crippen LogP contribution is 2.30. The van der Waals surface area contributed by atoms with Crippen molar-refractivity contribution in [3.8, 4) is 0 Å². The van der Waals surface area contributed by atoms with E-state index in [2.05, 4.69) is 0 Å². The molecular weight excluding hydrogens is 178 g/mol. The minimum Gasteiger partial charge on any atom is -0.480 e.